The number of hydrogen-bond donors (Lipinski definition) is 2. The average Bonchev–Trinajstić information content (AvgIpc) is 3.69. The molecule has 0 bridgehead atoms. The van der Waals surface area contributed by atoms with Crippen LogP contribution >= 0.6 is 0 Å². The van der Waals surface area contributed by atoms with E-state index in [1.54, 1.807) is 0 Å². The van der Waals surface area contributed by atoms with Crippen LogP contribution in [0.25, 0.3) is 22.9 Å². The van der Waals surface area contributed by atoms with Crippen LogP contribution in [0, 0.1) is 5.41 Å². The lowest BCUT2D eigenvalue weighted by molar-refractivity contribution is 0.490. The van der Waals surface area contributed by atoms with Crippen LogP contribution in [-0.4, -0.2) is 18.0 Å². The molecule has 0 spiro atoms. The van der Waals surface area contributed by atoms with Gasteiger partial charge in [0, 0.05) is 17.7 Å². The highest BCUT2D eigenvalue weighted by Crippen LogP contribution is 2.53. The Balaban J connectivity index is 0. The van der Waals surface area contributed by atoms with E-state index in [1.165, 1.54) is 47.1 Å². The Morgan fingerprint density at radius 3 is 2.03 bits per heavy atom. The number of nitrogens with zero attached hydrogens (tertiary/aromatic N) is 1. The second-order valence-corrected chi connectivity index (χ2v) is 14.8. The molecule has 4 rings (SSSR count). The molecular formula is C62H91N3. The zero-order valence-electron chi connectivity index (χ0n) is 43.7. The summed E-state index contributed by atoms with van der Waals surface area (Å²) in [6.07, 6.45) is 41.9. The van der Waals surface area contributed by atoms with E-state index in [2.05, 4.69) is 171 Å². The van der Waals surface area contributed by atoms with E-state index < -0.39 is 0 Å². The number of hydrogen-bond acceptors (Lipinski definition) is 3. The molecule has 65 heavy (non-hydrogen) atoms. The quantitative estimate of drug-likeness (QED) is 0.0985. The van der Waals surface area contributed by atoms with Gasteiger partial charge >= 0.3 is 0 Å². The zero-order valence-corrected chi connectivity index (χ0v) is 43.7. The Bertz CT molecular complexity index is 2040. The average molecular weight is 878 g/mol. The van der Waals surface area contributed by atoms with Gasteiger partial charge in [0.1, 0.15) is 0 Å². The van der Waals surface area contributed by atoms with Gasteiger partial charge in [-0.25, -0.2) is 0 Å². The molecule has 2 aromatic rings. The van der Waals surface area contributed by atoms with E-state index in [1.807, 2.05) is 79.7 Å². The van der Waals surface area contributed by atoms with E-state index in [9.17, 15) is 0 Å². The highest BCUT2D eigenvalue weighted by molar-refractivity contribution is 6.10. The molecule has 1 heterocycles. The van der Waals surface area contributed by atoms with Crippen molar-refractivity contribution in [1.29, 1.82) is 5.41 Å². The van der Waals surface area contributed by atoms with Crippen LogP contribution in [0.1, 0.15) is 171 Å². The van der Waals surface area contributed by atoms with E-state index in [4.69, 9.17) is 16.1 Å². The molecule has 0 radical (unpaired) electrons. The Labute approximate surface area is 400 Å². The van der Waals surface area contributed by atoms with Crippen molar-refractivity contribution in [2.45, 2.75) is 154 Å². The van der Waals surface area contributed by atoms with Gasteiger partial charge in [-0.05, 0) is 160 Å². The number of aliphatic imine (C=N–C) groups is 1. The summed E-state index contributed by atoms with van der Waals surface area (Å²) in [5, 5.41) is 8.65. The minimum Gasteiger partial charge on any atom is -0.398 e. The van der Waals surface area contributed by atoms with Crippen molar-refractivity contribution < 1.29 is 0 Å². The smallest absolute Gasteiger partial charge is 0.0640 e. The number of nitrogens with two attached hydrogens (primary N) is 1. The summed E-state index contributed by atoms with van der Waals surface area (Å²) >= 11 is 0. The Morgan fingerprint density at radius 1 is 0.785 bits per heavy atom. The maximum absolute atomic E-state index is 8.65. The SMILES string of the molecule is C/C=C\CC/C(C)=C/CC.C=C.C=C(/C=C\CC)/C=C(\N)c1ccc2c(c1)C(CC)(CC)c1cc(/C=C/C(=N)/C=C(C)/C=C\C(=C/C)C3=NCC/C=C\C/C=C\3)ccc1-2.CC.CC.CC. The topological polar surface area (TPSA) is 62.2 Å². The van der Waals surface area contributed by atoms with Crippen molar-refractivity contribution in [3.05, 3.63) is 192 Å². The van der Waals surface area contributed by atoms with E-state index in [0.717, 1.165) is 77.9 Å². The molecule has 0 aromatic heterocycles. The third-order valence-corrected chi connectivity index (χ3v) is 10.6. The van der Waals surface area contributed by atoms with Crippen molar-refractivity contribution in [2.75, 3.05) is 6.54 Å². The van der Waals surface area contributed by atoms with Gasteiger partial charge in [0.2, 0.25) is 0 Å². The first kappa shape index (κ1) is 61.5. The molecule has 0 fully saturated rings. The maximum atomic E-state index is 8.65. The van der Waals surface area contributed by atoms with Gasteiger partial charge in [-0.15, -0.1) is 13.2 Å². The Morgan fingerprint density at radius 2 is 1.43 bits per heavy atom. The predicted octanol–water partition coefficient (Wildman–Crippen LogP) is 19.0. The fourth-order valence-corrected chi connectivity index (χ4v) is 7.39. The van der Waals surface area contributed by atoms with Crippen LogP contribution in [0.2, 0.25) is 0 Å². The lowest BCUT2D eigenvalue weighted by Crippen LogP contribution is -2.23. The predicted molar refractivity (Wildman–Crippen MR) is 301 cm³/mol. The van der Waals surface area contributed by atoms with Gasteiger partial charge < -0.3 is 11.1 Å². The fraction of sp³-hybridized carbons (Fsp3) is 0.387. The number of fused-ring (bicyclic) bond motifs is 3. The second kappa shape index (κ2) is 37.8. The third kappa shape index (κ3) is 21.3. The number of benzene rings is 2. The molecule has 3 N–H and O–H groups in total. The van der Waals surface area contributed by atoms with Crippen molar-refractivity contribution in [2.24, 2.45) is 10.7 Å². The van der Waals surface area contributed by atoms with Gasteiger partial charge in [0.25, 0.3) is 0 Å². The normalized spacial score (nSPS) is 15.4. The summed E-state index contributed by atoms with van der Waals surface area (Å²) in [6.45, 7) is 40.1. The number of nitrogens with one attached hydrogen (secondary N) is 1. The highest BCUT2D eigenvalue weighted by atomic mass is 14.7. The summed E-state index contributed by atoms with van der Waals surface area (Å²) in [4.78, 5) is 4.78. The van der Waals surface area contributed by atoms with Crippen LogP contribution < -0.4 is 5.73 Å². The van der Waals surface area contributed by atoms with Crippen LogP contribution in [0.4, 0.5) is 0 Å². The Hall–Kier alpha value is -5.54. The van der Waals surface area contributed by atoms with E-state index in [-0.39, 0.29) is 5.41 Å². The molecule has 3 heteroatoms. The second-order valence-electron chi connectivity index (χ2n) is 14.8. The van der Waals surface area contributed by atoms with Gasteiger partial charge in [-0.2, -0.15) is 0 Å². The summed E-state index contributed by atoms with van der Waals surface area (Å²) in [6, 6.07) is 13.4. The minimum absolute atomic E-state index is 0.0885. The minimum atomic E-state index is -0.0885. The van der Waals surface area contributed by atoms with E-state index >= 15 is 0 Å². The molecule has 0 atom stereocenters. The van der Waals surface area contributed by atoms with Crippen molar-refractivity contribution in [1.82, 2.24) is 0 Å². The molecule has 1 aliphatic heterocycles. The van der Waals surface area contributed by atoms with Gasteiger partial charge in [-0.3, -0.25) is 4.99 Å². The lowest BCUT2D eigenvalue weighted by atomic mass is 9.73. The standard InChI is InChI=1S/C44H51N3.C10H18.3C2H6.C2H4/c1-7-11-17-32(5)29-42(46)36-23-26-39-38-25-21-34(30-40(38)44(9-3,10-4)41(39)31-36)20-24-37(45)28-33(6)19-22-35(8-2)43-18-15-13-12-14-16-27-47-43;1-4-6-7-9-10(3)8-5-2;4*1-2/h8,11-12,14-15,17-26,28-31,45H,5,7,9-10,13,16,27,46H2,1-4,6H3;4,6,8H,5,7,9H2,1-3H3;3*1-2H3;1-2H2/b14-12-,17-11-,18-15-,22-19-,24-20+,33-28+,35-8+,42-29-,45-37?,47-43?;6-4-,10-8+;;;;. The van der Waals surface area contributed by atoms with Crippen LogP contribution in [0.5, 0.6) is 0 Å². The summed E-state index contributed by atoms with van der Waals surface area (Å²) in [5.41, 5.74) is 20.6. The zero-order chi connectivity index (χ0) is 49.6. The molecule has 0 amide bonds. The largest absolute Gasteiger partial charge is 0.398 e. The molecular weight excluding hydrogens is 787 g/mol. The molecule has 2 aliphatic rings. The maximum Gasteiger partial charge on any atom is 0.0640 e. The van der Waals surface area contributed by atoms with Gasteiger partial charge in [-0.1, -0.05) is 185 Å². The van der Waals surface area contributed by atoms with Crippen molar-refractivity contribution in [3.8, 4) is 11.1 Å². The first-order valence-electron chi connectivity index (χ1n) is 24.6. The van der Waals surface area contributed by atoms with Crippen molar-refractivity contribution >= 4 is 23.2 Å². The summed E-state index contributed by atoms with van der Waals surface area (Å²) in [7, 11) is 0. The van der Waals surface area contributed by atoms with Crippen LogP contribution in [0.15, 0.2) is 175 Å². The van der Waals surface area contributed by atoms with E-state index in [0.29, 0.717) is 5.71 Å². The van der Waals surface area contributed by atoms with Crippen LogP contribution in [-0.2, 0) is 5.41 Å². The molecule has 0 saturated heterocycles. The van der Waals surface area contributed by atoms with Crippen molar-refractivity contribution in [3.63, 3.8) is 0 Å². The molecule has 3 nitrogen and oxygen atoms in total. The highest BCUT2D eigenvalue weighted by Gasteiger charge is 2.40. The van der Waals surface area contributed by atoms with Gasteiger partial charge in [0.15, 0.2) is 0 Å². The molecule has 0 saturated carbocycles. The lowest BCUT2D eigenvalue weighted by Gasteiger charge is -2.30. The first-order chi connectivity index (χ1) is 31.6. The fourth-order valence-electron chi connectivity index (χ4n) is 7.39. The van der Waals surface area contributed by atoms with Crippen LogP contribution in [0.3, 0.4) is 0 Å². The molecule has 2 aromatic carbocycles. The molecule has 0 unspecified atom stereocenters. The molecule has 1 aliphatic carbocycles. The first-order valence-corrected chi connectivity index (χ1v) is 24.6. The summed E-state index contributed by atoms with van der Waals surface area (Å²) < 4.78 is 0. The number of rotatable bonds is 16. The Kier molecular flexibility index (Phi) is 35.8. The number of allylic oxidation sites excluding steroid dienone is 18. The monoisotopic (exact) mass is 878 g/mol. The van der Waals surface area contributed by atoms with Gasteiger partial charge in [0.05, 0.1) is 11.4 Å². The summed E-state index contributed by atoms with van der Waals surface area (Å²) in [5.74, 6) is 0. The third-order valence-electron chi connectivity index (χ3n) is 10.6. The molecule has 354 valence electrons.